The average Bonchev–Trinajstić information content (AvgIpc) is 1.89. The smallest absolute Gasteiger partial charge is 0.129 e. The minimum Gasteiger partial charge on any atom is -0.471 e. The van der Waals surface area contributed by atoms with Gasteiger partial charge in [-0.05, 0) is 0 Å². The van der Waals surface area contributed by atoms with Crippen molar-refractivity contribution in [2.45, 2.75) is 21.3 Å². The van der Waals surface area contributed by atoms with Crippen LogP contribution in [-0.4, -0.2) is 21.0 Å². The van der Waals surface area contributed by atoms with E-state index in [2.05, 4.69) is 47.5 Å². The first-order valence-electron chi connectivity index (χ1n) is 3.26. The molecular weight excluding hydrogens is 363 g/mol. The van der Waals surface area contributed by atoms with Crippen LogP contribution < -0.4 is 0 Å². The van der Waals surface area contributed by atoms with Crippen LogP contribution in [0.5, 0.6) is 0 Å². The summed E-state index contributed by atoms with van der Waals surface area (Å²) < 4.78 is 8.73. The van der Waals surface area contributed by atoms with Crippen LogP contribution in [0.3, 0.4) is 0 Å². The summed E-state index contributed by atoms with van der Waals surface area (Å²) in [4.78, 5) is 0. The van der Waals surface area contributed by atoms with Crippen LogP contribution in [0.4, 0.5) is 0 Å². The van der Waals surface area contributed by atoms with Crippen molar-refractivity contribution >= 4 is 21.0 Å². The van der Waals surface area contributed by atoms with Gasteiger partial charge in [-0.15, -0.1) is 0 Å². The summed E-state index contributed by atoms with van der Waals surface area (Å²) in [6.45, 7) is 7.71. The Kier molecular flexibility index (Phi) is 4.70. The Bertz CT molecular complexity index is 164. The summed E-state index contributed by atoms with van der Waals surface area (Å²) in [6, 6.07) is 0. The second-order valence-corrected chi connectivity index (χ2v) is 34.1. The maximum absolute atomic E-state index is 4.53. The average molecular weight is 388 g/mol. The van der Waals surface area contributed by atoms with Crippen LogP contribution in [-0.2, 0) is 17.7 Å². The van der Waals surface area contributed by atoms with Crippen molar-refractivity contribution in [2.75, 3.05) is 0 Å². The van der Waals surface area contributed by atoms with Gasteiger partial charge in [-0.2, -0.15) is 0 Å². The van der Waals surface area contributed by atoms with Gasteiger partial charge in [-0.3, -0.25) is 0 Å². The van der Waals surface area contributed by atoms with Crippen LogP contribution >= 0.6 is 0 Å². The fourth-order valence-electron chi connectivity index (χ4n) is 0.0527. The largest absolute Gasteiger partial charge is 0.471 e. The molecule has 0 aromatic heterocycles. The molecule has 4 heteroatoms. The summed E-state index contributed by atoms with van der Waals surface area (Å²) in [5, 5.41) is 9.15. The van der Waals surface area contributed by atoms with E-state index < -0.39 is 13.6 Å². The molecule has 0 fully saturated rings. The number of hydrogen-bond acceptors (Lipinski definition) is 1. The van der Waals surface area contributed by atoms with Crippen molar-refractivity contribution in [3.8, 4) is 0 Å². The molecule has 0 unspecified atom stereocenters. The number of rotatable bonds is 2. The molecule has 0 radical (unpaired) electrons. The van der Waals surface area contributed by atoms with Gasteiger partial charge in [0.05, 0.1) is 0 Å². The van der Waals surface area contributed by atoms with Crippen molar-refractivity contribution in [3.05, 3.63) is 22.1 Å². The molecule has 0 aromatic carbocycles. The first-order chi connectivity index (χ1) is 5.04. The van der Waals surface area contributed by atoms with Gasteiger partial charge in [-0.25, -0.2) is 0 Å². The summed E-state index contributed by atoms with van der Waals surface area (Å²) in [6.07, 6.45) is 0. The molecule has 0 saturated heterocycles. The molecule has 80 valence electrons. The van der Waals surface area contributed by atoms with Crippen LogP contribution in [0.25, 0.3) is 0 Å². The van der Waals surface area contributed by atoms with Crippen molar-refractivity contribution in [3.63, 3.8) is 0 Å². The second-order valence-electron chi connectivity index (χ2n) is 4.13. The van der Waals surface area contributed by atoms with Crippen molar-refractivity contribution in [1.29, 1.82) is 0 Å². The van der Waals surface area contributed by atoms with Crippen LogP contribution in [0.15, 0.2) is 22.1 Å². The standard InChI is InChI=1S/2C2H3.4CH3.H6OSi2.Pt/c2*1-2;;;;;2-1-3;/h2*1H,2H2;4*1H3;2-3H3;. The molecular formula is C8H24OPtSi2. The van der Waals surface area contributed by atoms with Gasteiger partial charge in [0.15, 0.2) is 0 Å². The van der Waals surface area contributed by atoms with Crippen molar-refractivity contribution in [2.24, 2.45) is 0 Å². The zero-order chi connectivity index (χ0) is 10.5. The molecule has 0 amide bonds. The van der Waals surface area contributed by atoms with E-state index in [1.807, 2.05) is 0 Å². The van der Waals surface area contributed by atoms with Gasteiger partial charge >= 0.3 is 56.9 Å². The summed E-state index contributed by atoms with van der Waals surface area (Å²) in [5.41, 5.74) is 0. The molecule has 1 nitrogen and oxygen atoms in total. The minimum absolute atomic E-state index is 0.931. The number of hydrogen-bond donors (Lipinski definition) is 0. The molecule has 0 saturated carbocycles. The SMILES string of the molecule is C=[CH][Pt]([CH3])([CH3])([CH3])([CH3])[CH]=C.[SiH3]O[SiH3]. The van der Waals surface area contributed by atoms with Crippen molar-refractivity contribution in [1.82, 2.24) is 0 Å². The summed E-state index contributed by atoms with van der Waals surface area (Å²) >= 11 is -2.71. The third kappa shape index (κ3) is 8.66. The maximum Gasteiger partial charge on any atom is 0.129 e. The molecule has 0 rings (SSSR count). The molecule has 12 heavy (non-hydrogen) atoms. The Morgan fingerprint density at radius 1 is 1.00 bits per heavy atom. The Balaban J connectivity index is 0. The third-order valence-corrected chi connectivity index (χ3v) is 9.67. The van der Waals surface area contributed by atoms with Gasteiger partial charge < -0.3 is 4.12 Å². The van der Waals surface area contributed by atoms with E-state index in [-0.39, 0.29) is 0 Å². The van der Waals surface area contributed by atoms with Crippen LogP contribution in [0.2, 0.25) is 21.3 Å². The fraction of sp³-hybridized carbons (Fsp3) is 0.500. The first-order valence-corrected chi connectivity index (χ1v) is 16.6. The predicted molar refractivity (Wildman–Crippen MR) is 64.8 cm³/mol. The zero-order valence-electron chi connectivity index (χ0n) is 9.29. The Morgan fingerprint density at radius 3 is 1.17 bits per heavy atom. The molecule has 0 atom stereocenters. The predicted octanol–water partition coefficient (Wildman–Crippen LogP) is 1.25. The maximum atomic E-state index is 4.53. The van der Waals surface area contributed by atoms with Crippen molar-refractivity contribution < 1.29 is 17.7 Å². The summed E-state index contributed by atoms with van der Waals surface area (Å²) in [7, 11) is 1.86. The van der Waals surface area contributed by atoms with Crippen LogP contribution in [0.1, 0.15) is 0 Å². The molecule has 0 spiro atoms. The molecule has 0 aliphatic carbocycles. The van der Waals surface area contributed by atoms with Gasteiger partial charge in [0.1, 0.15) is 21.0 Å². The third-order valence-electron chi connectivity index (χ3n) is 1.18. The monoisotopic (exact) mass is 387 g/mol. The Hall–Kier alpha value is 0.562. The van der Waals surface area contributed by atoms with Crippen LogP contribution in [0, 0.1) is 0 Å². The van der Waals surface area contributed by atoms with Gasteiger partial charge in [0.2, 0.25) is 0 Å². The van der Waals surface area contributed by atoms with E-state index in [0.717, 1.165) is 21.0 Å². The van der Waals surface area contributed by atoms with Gasteiger partial charge in [0.25, 0.3) is 0 Å². The van der Waals surface area contributed by atoms with E-state index in [0.29, 0.717) is 0 Å². The fourth-order valence-corrected chi connectivity index (χ4v) is 0.431. The Labute approximate surface area is 81.9 Å². The normalized spacial score (nSPS) is 16.7. The van der Waals surface area contributed by atoms with E-state index in [1.54, 1.807) is 0 Å². The minimum atomic E-state index is -2.71. The first kappa shape index (κ1) is 15.1. The van der Waals surface area contributed by atoms with E-state index in [1.165, 1.54) is 0 Å². The van der Waals surface area contributed by atoms with Gasteiger partial charge in [0, 0.05) is 0 Å². The quantitative estimate of drug-likeness (QED) is 0.648. The summed E-state index contributed by atoms with van der Waals surface area (Å²) in [5.74, 6) is 0. The molecule has 0 aliphatic heterocycles. The zero-order valence-corrected chi connectivity index (χ0v) is 15.6. The molecule has 0 heterocycles. The topological polar surface area (TPSA) is 9.23 Å². The molecule has 0 aromatic rings. The van der Waals surface area contributed by atoms with Gasteiger partial charge in [-0.1, -0.05) is 0 Å². The molecule has 0 bridgehead atoms. The Morgan fingerprint density at radius 2 is 1.17 bits per heavy atom. The van der Waals surface area contributed by atoms with E-state index in [9.17, 15) is 0 Å². The van der Waals surface area contributed by atoms with E-state index >= 15 is 0 Å². The second kappa shape index (κ2) is 3.74. The van der Waals surface area contributed by atoms with E-state index in [4.69, 9.17) is 0 Å². The molecule has 0 N–H and O–H groups in total. The molecule has 0 aliphatic rings.